The Hall–Kier alpha value is -1.19. The molecule has 0 aromatic carbocycles. The average molecular weight is 246 g/mol. The Morgan fingerprint density at radius 2 is 1.00 bits per heavy atom. The second-order valence-corrected chi connectivity index (χ2v) is 2.84. The van der Waals surface area contributed by atoms with Gasteiger partial charge in [0.25, 0.3) is 0 Å². The Kier molecular flexibility index (Phi) is 14.1. The smallest absolute Gasteiger partial charge is 0.394 e. The summed E-state index contributed by atoms with van der Waals surface area (Å²) in [5.74, 6) is -1.49. The third-order valence-corrected chi connectivity index (χ3v) is 0.605. The summed E-state index contributed by atoms with van der Waals surface area (Å²) in [6, 6.07) is 0. The fourth-order valence-electron chi connectivity index (χ4n) is 0. The number of rotatable bonds is 2. The largest absolute Gasteiger partial charge is 0.481 e. The molecule has 15 heavy (non-hydrogen) atoms. The van der Waals surface area contributed by atoms with Gasteiger partial charge in [0.2, 0.25) is 0 Å². The molecule has 0 aliphatic heterocycles. The van der Waals surface area contributed by atoms with Crippen LogP contribution in [0.1, 0.15) is 26.7 Å². The van der Waals surface area contributed by atoms with Gasteiger partial charge in [-0.05, 0) is 0 Å². The minimum atomic E-state index is -4.67. The van der Waals surface area contributed by atoms with E-state index in [1.165, 1.54) is 0 Å². The van der Waals surface area contributed by atoms with Crippen molar-refractivity contribution in [1.29, 1.82) is 0 Å². The van der Waals surface area contributed by atoms with Gasteiger partial charge in [-0.1, -0.05) is 13.8 Å². The highest BCUT2D eigenvalue weighted by Crippen LogP contribution is 1.67. The monoisotopic (exact) mass is 246 g/mol. The summed E-state index contributed by atoms with van der Waals surface area (Å²) < 4.78 is 31.6. The van der Waals surface area contributed by atoms with Gasteiger partial charge in [-0.15, -0.1) is 0 Å². The van der Waals surface area contributed by atoms with E-state index in [9.17, 15) is 9.59 Å². The zero-order valence-electron chi connectivity index (χ0n) is 8.24. The van der Waals surface area contributed by atoms with Crippen LogP contribution in [-0.4, -0.2) is 39.7 Å². The summed E-state index contributed by atoms with van der Waals surface area (Å²) in [5.41, 5.74) is 0. The van der Waals surface area contributed by atoms with Crippen LogP contribution in [0.5, 0.6) is 0 Å². The molecule has 0 unspecified atom stereocenters. The number of aliphatic carboxylic acids is 2. The van der Waals surface area contributed by atoms with Gasteiger partial charge in [0.05, 0.1) is 0 Å². The molecule has 0 bridgehead atoms. The van der Waals surface area contributed by atoms with Crippen LogP contribution in [0, 0.1) is 0 Å². The first-order chi connectivity index (χ1) is 6.54. The molecule has 0 amide bonds. The standard InChI is InChI=1S/2C3H6O2.H2O4S/c2*1-2-3(4)5;1-5(2,3)4/h2*2H2,1H3,(H,4,5);(H2,1,2,3,4). The molecule has 4 N–H and O–H groups in total. The normalized spacial score (nSPS) is 8.80. The van der Waals surface area contributed by atoms with Gasteiger partial charge in [-0.25, -0.2) is 0 Å². The van der Waals surface area contributed by atoms with Crippen LogP contribution in [-0.2, 0) is 20.0 Å². The summed E-state index contributed by atoms with van der Waals surface area (Å²) in [6.45, 7) is 3.20. The van der Waals surface area contributed by atoms with Crippen LogP contribution < -0.4 is 0 Å². The molecule has 0 spiro atoms. The lowest BCUT2D eigenvalue weighted by Crippen LogP contribution is -1.89. The van der Waals surface area contributed by atoms with Crippen molar-refractivity contribution in [3.63, 3.8) is 0 Å². The average Bonchev–Trinajstić information content (AvgIpc) is 2.02. The lowest BCUT2D eigenvalue weighted by molar-refractivity contribution is -0.137. The van der Waals surface area contributed by atoms with Crippen LogP contribution in [0.25, 0.3) is 0 Å². The first-order valence-electron chi connectivity index (χ1n) is 3.68. The quantitative estimate of drug-likeness (QED) is 0.508. The Morgan fingerprint density at radius 3 is 1.00 bits per heavy atom. The summed E-state index contributed by atoms with van der Waals surface area (Å²) in [4.78, 5) is 18.7. The molecule has 0 aliphatic carbocycles. The van der Waals surface area contributed by atoms with E-state index in [-0.39, 0.29) is 12.8 Å². The maximum absolute atomic E-state index is 9.37. The Morgan fingerprint density at radius 1 is 0.933 bits per heavy atom. The SMILES string of the molecule is CCC(=O)O.CCC(=O)O.O=S(=O)(O)O. The summed E-state index contributed by atoms with van der Waals surface area (Å²) in [6.07, 6.45) is 0.444. The molecule has 8 nitrogen and oxygen atoms in total. The van der Waals surface area contributed by atoms with Gasteiger partial charge in [0.1, 0.15) is 0 Å². The molecule has 0 aromatic rings. The van der Waals surface area contributed by atoms with Gasteiger partial charge < -0.3 is 10.2 Å². The van der Waals surface area contributed by atoms with E-state index in [4.69, 9.17) is 27.7 Å². The van der Waals surface area contributed by atoms with Gasteiger partial charge in [0.15, 0.2) is 0 Å². The molecule has 9 heteroatoms. The zero-order chi connectivity index (χ0) is 13.1. The number of hydrogen-bond donors (Lipinski definition) is 4. The molecule has 0 saturated carbocycles. The maximum atomic E-state index is 9.37. The van der Waals surface area contributed by atoms with Crippen molar-refractivity contribution in [2.75, 3.05) is 0 Å². The fraction of sp³-hybridized carbons (Fsp3) is 0.667. The number of carboxylic acids is 2. The highest BCUT2D eigenvalue weighted by Gasteiger charge is 1.84. The second-order valence-electron chi connectivity index (χ2n) is 1.94. The van der Waals surface area contributed by atoms with Crippen LogP contribution in [0.2, 0.25) is 0 Å². The number of carbonyl (C=O) groups is 2. The van der Waals surface area contributed by atoms with Crippen molar-refractivity contribution in [3.8, 4) is 0 Å². The van der Waals surface area contributed by atoms with Crippen molar-refractivity contribution >= 4 is 22.3 Å². The van der Waals surface area contributed by atoms with E-state index in [0.29, 0.717) is 0 Å². The molecular weight excluding hydrogens is 232 g/mol. The van der Waals surface area contributed by atoms with Crippen LogP contribution in [0.3, 0.4) is 0 Å². The van der Waals surface area contributed by atoms with Crippen molar-refractivity contribution in [1.82, 2.24) is 0 Å². The van der Waals surface area contributed by atoms with Gasteiger partial charge in [-0.3, -0.25) is 18.7 Å². The summed E-state index contributed by atoms with van der Waals surface area (Å²) in [7, 11) is -4.67. The van der Waals surface area contributed by atoms with Gasteiger partial charge in [0, 0.05) is 12.8 Å². The molecule has 0 saturated heterocycles. The van der Waals surface area contributed by atoms with E-state index in [0.717, 1.165) is 0 Å². The minimum Gasteiger partial charge on any atom is -0.481 e. The molecule has 0 aliphatic rings. The van der Waals surface area contributed by atoms with E-state index in [1.807, 2.05) is 0 Å². The molecule has 0 heterocycles. The molecule has 0 fully saturated rings. The van der Waals surface area contributed by atoms with E-state index >= 15 is 0 Å². The molecular formula is C6H14O8S. The van der Waals surface area contributed by atoms with Crippen LogP contribution in [0.4, 0.5) is 0 Å². The Bertz CT molecular complexity index is 245. The Balaban J connectivity index is -0.000000144. The third kappa shape index (κ3) is 190. The van der Waals surface area contributed by atoms with E-state index < -0.39 is 22.3 Å². The highest BCUT2D eigenvalue weighted by molar-refractivity contribution is 7.79. The topological polar surface area (TPSA) is 149 Å². The van der Waals surface area contributed by atoms with Crippen molar-refractivity contribution < 1.29 is 37.3 Å². The molecule has 0 atom stereocenters. The minimum absolute atomic E-state index is 0.222. The second kappa shape index (κ2) is 10.9. The molecule has 0 rings (SSSR count). The van der Waals surface area contributed by atoms with Crippen molar-refractivity contribution in [3.05, 3.63) is 0 Å². The molecule has 0 aromatic heterocycles. The predicted molar refractivity (Wildman–Crippen MR) is 50.0 cm³/mol. The Labute approximate surface area is 87.1 Å². The van der Waals surface area contributed by atoms with Crippen LogP contribution >= 0.6 is 0 Å². The predicted octanol–water partition coefficient (Wildman–Crippen LogP) is 0.309. The number of hydrogen-bond acceptors (Lipinski definition) is 4. The van der Waals surface area contributed by atoms with Crippen LogP contribution in [0.15, 0.2) is 0 Å². The fourth-order valence-corrected chi connectivity index (χ4v) is 0. The van der Waals surface area contributed by atoms with Gasteiger partial charge in [-0.2, -0.15) is 8.42 Å². The van der Waals surface area contributed by atoms with E-state index in [2.05, 4.69) is 0 Å². The molecule has 0 radical (unpaired) electrons. The van der Waals surface area contributed by atoms with E-state index in [1.54, 1.807) is 13.8 Å². The maximum Gasteiger partial charge on any atom is 0.394 e. The lowest BCUT2D eigenvalue weighted by atomic mass is 10.5. The zero-order valence-corrected chi connectivity index (χ0v) is 9.06. The van der Waals surface area contributed by atoms with Crippen molar-refractivity contribution in [2.24, 2.45) is 0 Å². The third-order valence-electron chi connectivity index (χ3n) is 0.605. The summed E-state index contributed by atoms with van der Waals surface area (Å²) >= 11 is 0. The van der Waals surface area contributed by atoms with Crippen molar-refractivity contribution in [2.45, 2.75) is 26.7 Å². The first-order valence-corrected chi connectivity index (χ1v) is 5.07. The first kappa shape index (κ1) is 19.4. The number of carboxylic acid groups (broad SMARTS) is 2. The highest BCUT2D eigenvalue weighted by atomic mass is 32.3. The van der Waals surface area contributed by atoms with Gasteiger partial charge >= 0.3 is 22.3 Å². The summed E-state index contributed by atoms with van der Waals surface area (Å²) in [5, 5.41) is 15.4. The lowest BCUT2D eigenvalue weighted by Gasteiger charge is -1.71. The molecule has 92 valence electrons.